The minimum atomic E-state index is 0.421. The second-order valence-electron chi connectivity index (χ2n) is 4.07. The van der Waals surface area contributed by atoms with Crippen LogP contribution in [0, 0.1) is 0 Å². The molecule has 0 aromatic heterocycles. The predicted octanol–water partition coefficient (Wildman–Crippen LogP) is 1.93. The number of rotatable bonds is 4. The quantitative estimate of drug-likeness (QED) is 0.743. The number of hydrogen-bond donors (Lipinski definition) is 0. The molecular weight excluding hydrogens is 186 g/mol. The molecule has 0 aliphatic carbocycles. The van der Waals surface area contributed by atoms with E-state index in [4.69, 9.17) is 0 Å². The summed E-state index contributed by atoms with van der Waals surface area (Å²) in [5, 5.41) is 0. The summed E-state index contributed by atoms with van der Waals surface area (Å²) in [6, 6.07) is 8.17. The first-order chi connectivity index (χ1) is 7.40. The second-order valence-corrected chi connectivity index (χ2v) is 4.07. The van der Waals surface area contributed by atoms with Crippen molar-refractivity contribution < 1.29 is 4.79 Å². The van der Waals surface area contributed by atoms with Crippen molar-refractivity contribution in [2.24, 2.45) is 0 Å². The van der Waals surface area contributed by atoms with Crippen LogP contribution in [0.5, 0.6) is 0 Å². The van der Waals surface area contributed by atoms with Gasteiger partial charge >= 0.3 is 0 Å². The van der Waals surface area contributed by atoms with Gasteiger partial charge in [0.15, 0.2) is 0 Å². The van der Waals surface area contributed by atoms with Gasteiger partial charge in [-0.3, -0.25) is 9.69 Å². The molecule has 79 valence electrons. The van der Waals surface area contributed by atoms with E-state index in [-0.39, 0.29) is 0 Å². The van der Waals surface area contributed by atoms with E-state index in [0.717, 1.165) is 12.1 Å². The van der Waals surface area contributed by atoms with Gasteiger partial charge in [0.05, 0.1) is 0 Å². The van der Waals surface area contributed by atoms with Gasteiger partial charge in [0.1, 0.15) is 0 Å². The van der Waals surface area contributed by atoms with Gasteiger partial charge in [-0.05, 0) is 37.1 Å². The number of likely N-dealkylation sites (tertiary alicyclic amines) is 1. The molecule has 0 spiro atoms. The van der Waals surface area contributed by atoms with E-state index in [1.807, 2.05) is 24.5 Å². The Morgan fingerprint density at radius 3 is 2.47 bits per heavy atom. The Morgan fingerprint density at radius 2 is 1.80 bits per heavy atom. The highest BCUT2D eigenvalue weighted by Gasteiger charge is 2.13. The molecule has 2 nitrogen and oxygen atoms in total. The van der Waals surface area contributed by atoms with Crippen molar-refractivity contribution in [3.05, 3.63) is 35.4 Å². The van der Waals surface area contributed by atoms with Crippen LogP contribution in [0.3, 0.4) is 0 Å². The highest BCUT2D eigenvalue weighted by Crippen LogP contribution is 2.15. The first-order valence-corrected chi connectivity index (χ1v) is 5.54. The SMILES string of the molecule is O=[C]Cc1ccccc1CN1CCCC1. The van der Waals surface area contributed by atoms with E-state index >= 15 is 0 Å². The maximum Gasteiger partial charge on any atom is 0.203 e. The molecule has 1 aromatic carbocycles. The summed E-state index contributed by atoms with van der Waals surface area (Å²) in [7, 11) is 0. The van der Waals surface area contributed by atoms with E-state index in [1.165, 1.54) is 31.5 Å². The molecule has 0 saturated carbocycles. The van der Waals surface area contributed by atoms with Crippen LogP contribution in [0.1, 0.15) is 24.0 Å². The maximum atomic E-state index is 10.4. The number of carbonyl (C=O) groups excluding carboxylic acids is 1. The van der Waals surface area contributed by atoms with Gasteiger partial charge in [0.2, 0.25) is 6.29 Å². The van der Waals surface area contributed by atoms with Gasteiger partial charge in [-0.15, -0.1) is 0 Å². The van der Waals surface area contributed by atoms with Crippen molar-refractivity contribution in [1.29, 1.82) is 0 Å². The smallest absolute Gasteiger partial charge is 0.203 e. The number of hydrogen-bond acceptors (Lipinski definition) is 2. The van der Waals surface area contributed by atoms with Crippen LogP contribution in [-0.2, 0) is 17.8 Å². The average Bonchev–Trinajstić information content (AvgIpc) is 2.74. The highest BCUT2D eigenvalue weighted by atomic mass is 16.1. The Balaban J connectivity index is 2.08. The van der Waals surface area contributed by atoms with Crippen molar-refractivity contribution in [1.82, 2.24) is 4.90 Å². The van der Waals surface area contributed by atoms with Crippen molar-refractivity contribution >= 4 is 6.29 Å². The average molecular weight is 202 g/mol. The van der Waals surface area contributed by atoms with Crippen LogP contribution in [0.2, 0.25) is 0 Å². The van der Waals surface area contributed by atoms with Crippen molar-refractivity contribution in [3.63, 3.8) is 0 Å². The van der Waals surface area contributed by atoms with Crippen LogP contribution in [0.4, 0.5) is 0 Å². The Labute approximate surface area is 90.9 Å². The molecule has 0 amide bonds. The summed E-state index contributed by atoms with van der Waals surface area (Å²) in [6.45, 7) is 3.37. The Hall–Kier alpha value is -1.15. The van der Waals surface area contributed by atoms with Gasteiger partial charge in [-0.1, -0.05) is 24.3 Å². The lowest BCUT2D eigenvalue weighted by molar-refractivity contribution is 0.330. The standard InChI is InChI=1S/C13H16NO/c15-10-7-12-5-1-2-6-13(12)11-14-8-3-4-9-14/h1-2,5-6H,3-4,7-9,11H2. The lowest BCUT2D eigenvalue weighted by atomic mass is 10.0. The summed E-state index contributed by atoms with van der Waals surface area (Å²) in [5.74, 6) is 0. The summed E-state index contributed by atoms with van der Waals surface area (Å²) < 4.78 is 0. The van der Waals surface area contributed by atoms with Gasteiger partial charge in [0.25, 0.3) is 0 Å². The summed E-state index contributed by atoms with van der Waals surface area (Å²) in [5.41, 5.74) is 2.40. The van der Waals surface area contributed by atoms with Crippen molar-refractivity contribution in [3.8, 4) is 0 Å². The van der Waals surface area contributed by atoms with Crippen LogP contribution in [0.15, 0.2) is 24.3 Å². The van der Waals surface area contributed by atoms with Crippen LogP contribution < -0.4 is 0 Å². The van der Waals surface area contributed by atoms with E-state index < -0.39 is 0 Å². The first-order valence-electron chi connectivity index (χ1n) is 5.54. The molecule has 0 N–H and O–H groups in total. The minimum absolute atomic E-state index is 0.421. The zero-order valence-electron chi connectivity index (χ0n) is 8.91. The normalized spacial score (nSPS) is 16.8. The summed E-state index contributed by atoms with van der Waals surface area (Å²) in [6.07, 6.45) is 5.02. The third-order valence-electron chi connectivity index (χ3n) is 2.97. The third-order valence-corrected chi connectivity index (χ3v) is 2.97. The lowest BCUT2D eigenvalue weighted by Gasteiger charge is -2.16. The van der Waals surface area contributed by atoms with Crippen molar-refractivity contribution in [2.45, 2.75) is 25.8 Å². The second kappa shape index (κ2) is 5.08. The molecule has 2 rings (SSSR count). The minimum Gasteiger partial charge on any atom is -0.299 e. The molecule has 1 aliphatic rings. The van der Waals surface area contributed by atoms with Crippen LogP contribution in [0.25, 0.3) is 0 Å². The molecule has 1 heterocycles. The Morgan fingerprint density at radius 1 is 1.13 bits per heavy atom. The van der Waals surface area contributed by atoms with Gasteiger partial charge < -0.3 is 0 Å². The Bertz CT molecular complexity index is 329. The molecule has 1 radical (unpaired) electrons. The molecule has 2 heteroatoms. The lowest BCUT2D eigenvalue weighted by Crippen LogP contribution is -2.19. The Kier molecular flexibility index (Phi) is 3.51. The van der Waals surface area contributed by atoms with Crippen molar-refractivity contribution in [2.75, 3.05) is 13.1 Å². The molecule has 0 unspecified atom stereocenters. The fourth-order valence-corrected chi connectivity index (χ4v) is 2.14. The van der Waals surface area contributed by atoms with Gasteiger partial charge in [0, 0.05) is 13.0 Å². The largest absolute Gasteiger partial charge is 0.299 e. The molecule has 1 saturated heterocycles. The van der Waals surface area contributed by atoms with Crippen LogP contribution >= 0.6 is 0 Å². The number of nitrogens with zero attached hydrogens (tertiary/aromatic N) is 1. The molecule has 1 aromatic rings. The third kappa shape index (κ3) is 2.66. The molecule has 15 heavy (non-hydrogen) atoms. The van der Waals surface area contributed by atoms with Crippen LogP contribution in [-0.4, -0.2) is 24.3 Å². The molecule has 1 aliphatic heterocycles. The molecule has 0 atom stereocenters. The predicted molar refractivity (Wildman–Crippen MR) is 60.4 cm³/mol. The van der Waals surface area contributed by atoms with E-state index in [2.05, 4.69) is 11.0 Å². The first kappa shape index (κ1) is 10.4. The fraction of sp³-hybridized carbons (Fsp3) is 0.462. The zero-order chi connectivity index (χ0) is 10.5. The van der Waals surface area contributed by atoms with Gasteiger partial charge in [-0.25, -0.2) is 0 Å². The number of benzene rings is 1. The van der Waals surface area contributed by atoms with E-state index in [0.29, 0.717) is 6.42 Å². The monoisotopic (exact) mass is 202 g/mol. The molecule has 0 bridgehead atoms. The summed E-state index contributed by atoms with van der Waals surface area (Å²) >= 11 is 0. The van der Waals surface area contributed by atoms with E-state index in [1.54, 1.807) is 0 Å². The molecule has 1 fully saturated rings. The van der Waals surface area contributed by atoms with Gasteiger partial charge in [-0.2, -0.15) is 0 Å². The maximum absolute atomic E-state index is 10.4. The topological polar surface area (TPSA) is 20.3 Å². The molecular formula is C13H16NO. The highest BCUT2D eigenvalue weighted by molar-refractivity contribution is 5.56. The van der Waals surface area contributed by atoms with E-state index in [9.17, 15) is 4.79 Å². The zero-order valence-corrected chi connectivity index (χ0v) is 8.91. The summed E-state index contributed by atoms with van der Waals surface area (Å²) in [4.78, 5) is 12.9. The fourth-order valence-electron chi connectivity index (χ4n) is 2.14.